The molecule has 0 amide bonds. The molecule has 0 aliphatic carbocycles. The second kappa shape index (κ2) is 13.0. The SMILES string of the molecule is CN=C(NCCc1ccc2c(c1)CCO2)NCc1cccc(COC2CCOCC2)c1.I. The third kappa shape index (κ3) is 7.35. The van der Waals surface area contributed by atoms with Crippen molar-refractivity contribution in [3.05, 3.63) is 64.7 Å². The van der Waals surface area contributed by atoms with Crippen molar-refractivity contribution in [1.29, 1.82) is 0 Å². The van der Waals surface area contributed by atoms with Gasteiger partial charge in [-0.3, -0.25) is 4.99 Å². The maximum atomic E-state index is 6.05. The molecule has 0 saturated carbocycles. The molecule has 1 fully saturated rings. The summed E-state index contributed by atoms with van der Waals surface area (Å²) in [6.07, 6.45) is 4.26. The van der Waals surface area contributed by atoms with E-state index >= 15 is 0 Å². The molecule has 4 rings (SSSR count). The van der Waals surface area contributed by atoms with Crippen LogP contribution in [0.1, 0.15) is 35.1 Å². The smallest absolute Gasteiger partial charge is 0.191 e. The second-order valence-corrected chi connectivity index (χ2v) is 8.09. The van der Waals surface area contributed by atoms with Gasteiger partial charge in [-0.2, -0.15) is 0 Å². The van der Waals surface area contributed by atoms with E-state index in [4.69, 9.17) is 14.2 Å². The summed E-state index contributed by atoms with van der Waals surface area (Å²) in [4.78, 5) is 4.35. The lowest BCUT2D eigenvalue weighted by molar-refractivity contribution is -0.0390. The van der Waals surface area contributed by atoms with Crippen LogP contribution in [0.25, 0.3) is 0 Å². The highest BCUT2D eigenvalue weighted by Crippen LogP contribution is 2.25. The van der Waals surface area contributed by atoms with Gasteiger partial charge in [0.25, 0.3) is 0 Å². The first kappa shape index (κ1) is 24.8. The van der Waals surface area contributed by atoms with E-state index in [-0.39, 0.29) is 24.0 Å². The summed E-state index contributed by atoms with van der Waals surface area (Å²) in [5.74, 6) is 1.85. The van der Waals surface area contributed by atoms with Gasteiger partial charge in [0.2, 0.25) is 0 Å². The van der Waals surface area contributed by atoms with E-state index in [0.29, 0.717) is 12.7 Å². The van der Waals surface area contributed by atoms with E-state index in [0.717, 1.165) is 70.3 Å². The lowest BCUT2D eigenvalue weighted by Gasteiger charge is -2.22. The monoisotopic (exact) mass is 551 g/mol. The summed E-state index contributed by atoms with van der Waals surface area (Å²) in [7, 11) is 1.81. The number of benzene rings is 2. The topological polar surface area (TPSA) is 64.1 Å². The molecule has 0 atom stereocenters. The third-order valence-electron chi connectivity index (χ3n) is 5.79. The molecule has 0 spiro atoms. The molecule has 2 aliphatic rings. The average Bonchev–Trinajstić information content (AvgIpc) is 3.29. The largest absolute Gasteiger partial charge is 0.493 e. The van der Waals surface area contributed by atoms with Gasteiger partial charge < -0.3 is 24.8 Å². The molecule has 0 aromatic heterocycles. The van der Waals surface area contributed by atoms with E-state index in [1.54, 1.807) is 7.05 Å². The van der Waals surface area contributed by atoms with Crippen LogP contribution in [0.5, 0.6) is 5.75 Å². The fraction of sp³-hybridized carbons (Fsp3) is 0.480. The fourth-order valence-electron chi connectivity index (χ4n) is 4.01. The van der Waals surface area contributed by atoms with Crippen molar-refractivity contribution in [3.63, 3.8) is 0 Å². The first-order valence-corrected chi connectivity index (χ1v) is 11.3. The number of halogens is 1. The van der Waals surface area contributed by atoms with Crippen LogP contribution in [-0.4, -0.2) is 45.5 Å². The van der Waals surface area contributed by atoms with Gasteiger partial charge in [-0.15, -0.1) is 24.0 Å². The number of guanidine groups is 1. The molecule has 6 nitrogen and oxygen atoms in total. The van der Waals surface area contributed by atoms with E-state index in [2.05, 4.69) is 58.1 Å². The Morgan fingerprint density at radius 1 is 1.03 bits per heavy atom. The number of hydrogen-bond acceptors (Lipinski definition) is 4. The van der Waals surface area contributed by atoms with Crippen molar-refractivity contribution in [3.8, 4) is 5.75 Å². The molecule has 32 heavy (non-hydrogen) atoms. The minimum Gasteiger partial charge on any atom is -0.493 e. The summed E-state index contributed by atoms with van der Waals surface area (Å²) >= 11 is 0. The van der Waals surface area contributed by atoms with Crippen molar-refractivity contribution in [2.75, 3.05) is 33.4 Å². The van der Waals surface area contributed by atoms with E-state index in [1.165, 1.54) is 22.3 Å². The van der Waals surface area contributed by atoms with Crippen LogP contribution in [-0.2, 0) is 35.5 Å². The summed E-state index contributed by atoms with van der Waals surface area (Å²) in [6, 6.07) is 15.0. The Morgan fingerprint density at radius 3 is 2.72 bits per heavy atom. The highest BCUT2D eigenvalue weighted by molar-refractivity contribution is 14.0. The molecule has 0 bridgehead atoms. The third-order valence-corrected chi connectivity index (χ3v) is 5.79. The Labute approximate surface area is 208 Å². The summed E-state index contributed by atoms with van der Waals surface area (Å²) < 4.78 is 17.0. The number of fused-ring (bicyclic) bond motifs is 1. The molecule has 2 aliphatic heterocycles. The van der Waals surface area contributed by atoms with Crippen molar-refractivity contribution in [1.82, 2.24) is 10.6 Å². The van der Waals surface area contributed by atoms with Gasteiger partial charge in [0, 0.05) is 39.8 Å². The quantitative estimate of drug-likeness (QED) is 0.297. The fourth-order valence-corrected chi connectivity index (χ4v) is 4.01. The van der Waals surface area contributed by atoms with Crippen LogP contribution in [0.15, 0.2) is 47.5 Å². The number of ether oxygens (including phenoxy) is 3. The molecule has 0 radical (unpaired) electrons. The molecule has 0 unspecified atom stereocenters. The zero-order valence-corrected chi connectivity index (χ0v) is 21.1. The standard InChI is InChI=1S/C25H33N3O3.HI/c1-26-25(27-11-7-19-5-6-24-22(16-19)8-14-30-24)28-17-20-3-2-4-21(15-20)18-31-23-9-12-29-13-10-23;/h2-6,15-16,23H,7-14,17-18H2,1H3,(H2,26,27,28);1H. The molecular formula is C25H34IN3O3. The van der Waals surface area contributed by atoms with E-state index in [9.17, 15) is 0 Å². The van der Waals surface area contributed by atoms with Gasteiger partial charge in [-0.1, -0.05) is 36.4 Å². The predicted molar refractivity (Wildman–Crippen MR) is 138 cm³/mol. The van der Waals surface area contributed by atoms with Crippen molar-refractivity contribution < 1.29 is 14.2 Å². The minimum atomic E-state index is 0. The lowest BCUT2D eigenvalue weighted by atomic mass is 10.1. The summed E-state index contributed by atoms with van der Waals surface area (Å²) in [6.45, 7) is 4.62. The van der Waals surface area contributed by atoms with Crippen LogP contribution in [0.3, 0.4) is 0 Å². The van der Waals surface area contributed by atoms with Gasteiger partial charge in [-0.05, 0) is 47.6 Å². The number of rotatable bonds is 8. The van der Waals surface area contributed by atoms with E-state index < -0.39 is 0 Å². The van der Waals surface area contributed by atoms with Crippen LogP contribution >= 0.6 is 24.0 Å². The van der Waals surface area contributed by atoms with Crippen molar-refractivity contribution in [2.24, 2.45) is 4.99 Å². The molecule has 174 valence electrons. The Hall–Kier alpha value is -1.84. The zero-order chi connectivity index (χ0) is 21.3. The Bertz CT molecular complexity index is 884. The molecule has 2 N–H and O–H groups in total. The first-order chi connectivity index (χ1) is 15.3. The van der Waals surface area contributed by atoms with Crippen LogP contribution < -0.4 is 15.4 Å². The molecular weight excluding hydrogens is 517 g/mol. The highest BCUT2D eigenvalue weighted by atomic mass is 127. The average molecular weight is 551 g/mol. The predicted octanol–water partition coefficient (Wildman–Crippen LogP) is 3.84. The Balaban J connectivity index is 0.00000289. The molecule has 2 aromatic rings. The highest BCUT2D eigenvalue weighted by Gasteiger charge is 2.14. The van der Waals surface area contributed by atoms with Gasteiger partial charge in [0.1, 0.15) is 5.75 Å². The maximum absolute atomic E-state index is 6.05. The van der Waals surface area contributed by atoms with Gasteiger partial charge in [0.15, 0.2) is 5.96 Å². The first-order valence-electron chi connectivity index (χ1n) is 11.3. The van der Waals surface area contributed by atoms with Gasteiger partial charge in [-0.25, -0.2) is 0 Å². The maximum Gasteiger partial charge on any atom is 0.191 e. The Morgan fingerprint density at radius 2 is 1.88 bits per heavy atom. The molecule has 1 saturated heterocycles. The second-order valence-electron chi connectivity index (χ2n) is 8.09. The number of nitrogens with zero attached hydrogens (tertiary/aromatic N) is 1. The summed E-state index contributed by atoms with van der Waals surface area (Å²) in [5, 5.41) is 6.82. The molecule has 2 aromatic carbocycles. The van der Waals surface area contributed by atoms with Crippen LogP contribution in [0.4, 0.5) is 0 Å². The van der Waals surface area contributed by atoms with Crippen LogP contribution in [0, 0.1) is 0 Å². The van der Waals surface area contributed by atoms with E-state index in [1.807, 2.05) is 0 Å². The molecule has 2 heterocycles. The molecule has 7 heteroatoms. The van der Waals surface area contributed by atoms with Gasteiger partial charge >= 0.3 is 0 Å². The minimum absolute atomic E-state index is 0. The number of nitrogens with one attached hydrogen (secondary N) is 2. The van der Waals surface area contributed by atoms with Crippen molar-refractivity contribution >= 4 is 29.9 Å². The zero-order valence-electron chi connectivity index (χ0n) is 18.8. The number of hydrogen-bond donors (Lipinski definition) is 2. The van der Waals surface area contributed by atoms with Gasteiger partial charge in [0.05, 0.1) is 19.3 Å². The number of aliphatic imine (C=N–C) groups is 1. The summed E-state index contributed by atoms with van der Waals surface area (Å²) in [5.41, 5.74) is 5.06. The lowest BCUT2D eigenvalue weighted by Crippen LogP contribution is -2.37. The van der Waals surface area contributed by atoms with Crippen molar-refractivity contribution in [2.45, 2.75) is 44.9 Å². The van der Waals surface area contributed by atoms with Crippen LogP contribution in [0.2, 0.25) is 0 Å². The normalized spacial score (nSPS) is 16.1. The Kier molecular flexibility index (Phi) is 10.1.